The second-order valence-corrected chi connectivity index (χ2v) is 6.23. The topological polar surface area (TPSA) is 50.9 Å². The summed E-state index contributed by atoms with van der Waals surface area (Å²) in [7, 11) is 0. The summed E-state index contributed by atoms with van der Waals surface area (Å²) in [5.74, 6) is 5.72. The Kier molecular flexibility index (Phi) is 4.21. The molecule has 0 fully saturated rings. The number of nitrogens with one attached hydrogen (secondary N) is 1. The van der Waals surface area contributed by atoms with E-state index in [1.807, 2.05) is 12.3 Å². The Balaban J connectivity index is 2.33. The maximum atomic E-state index is 5.72. The lowest BCUT2D eigenvalue weighted by Gasteiger charge is -2.21. The smallest absolute Gasteiger partial charge is 0.0881 e. The number of benzene rings is 1. The molecule has 106 valence electrons. The van der Waals surface area contributed by atoms with Crippen LogP contribution >= 0.6 is 0 Å². The molecule has 3 heteroatoms. The van der Waals surface area contributed by atoms with Crippen LogP contribution in [0, 0.1) is 6.92 Å². The fourth-order valence-corrected chi connectivity index (χ4v) is 2.25. The van der Waals surface area contributed by atoms with Crippen LogP contribution in [-0.4, -0.2) is 4.98 Å². The van der Waals surface area contributed by atoms with Crippen LogP contribution in [0.1, 0.15) is 49.2 Å². The van der Waals surface area contributed by atoms with Gasteiger partial charge in [0.2, 0.25) is 0 Å². The molecule has 0 aliphatic heterocycles. The van der Waals surface area contributed by atoms with Gasteiger partial charge in [-0.05, 0) is 41.2 Å². The van der Waals surface area contributed by atoms with Crippen molar-refractivity contribution >= 4 is 0 Å². The van der Waals surface area contributed by atoms with E-state index < -0.39 is 0 Å². The van der Waals surface area contributed by atoms with Crippen molar-refractivity contribution < 1.29 is 0 Å². The summed E-state index contributed by atoms with van der Waals surface area (Å²) in [6.45, 7) is 8.69. The molecule has 0 saturated carbocycles. The van der Waals surface area contributed by atoms with Crippen LogP contribution in [0.4, 0.5) is 0 Å². The van der Waals surface area contributed by atoms with Crippen LogP contribution in [0.5, 0.6) is 0 Å². The van der Waals surface area contributed by atoms with Gasteiger partial charge in [-0.25, -0.2) is 5.43 Å². The summed E-state index contributed by atoms with van der Waals surface area (Å²) < 4.78 is 0. The highest BCUT2D eigenvalue weighted by atomic mass is 15.2. The van der Waals surface area contributed by atoms with E-state index in [2.05, 4.69) is 68.4 Å². The van der Waals surface area contributed by atoms with Crippen LogP contribution < -0.4 is 11.3 Å². The van der Waals surface area contributed by atoms with E-state index in [1.165, 1.54) is 11.1 Å². The summed E-state index contributed by atoms with van der Waals surface area (Å²) in [6.07, 6.45) is 1.82. The second kappa shape index (κ2) is 5.73. The van der Waals surface area contributed by atoms with Crippen LogP contribution in [0.15, 0.2) is 42.6 Å². The number of aromatic nitrogens is 1. The normalized spacial score (nSPS) is 13.2. The fraction of sp³-hybridized carbons (Fsp3) is 0.353. The predicted octanol–water partition coefficient (Wildman–Crippen LogP) is 3.24. The molecule has 3 nitrogen and oxygen atoms in total. The number of rotatable bonds is 3. The van der Waals surface area contributed by atoms with Crippen molar-refractivity contribution in [2.45, 2.75) is 39.2 Å². The summed E-state index contributed by atoms with van der Waals surface area (Å²) in [5.41, 5.74) is 7.58. The van der Waals surface area contributed by atoms with E-state index in [0.29, 0.717) is 0 Å². The third-order valence-electron chi connectivity index (χ3n) is 3.51. The highest BCUT2D eigenvalue weighted by Crippen LogP contribution is 2.25. The molecule has 1 unspecified atom stereocenters. The van der Waals surface area contributed by atoms with E-state index in [9.17, 15) is 0 Å². The Bertz CT molecular complexity index is 568. The van der Waals surface area contributed by atoms with E-state index >= 15 is 0 Å². The zero-order valence-corrected chi connectivity index (χ0v) is 12.6. The van der Waals surface area contributed by atoms with Crippen molar-refractivity contribution in [3.05, 3.63) is 65.0 Å². The van der Waals surface area contributed by atoms with Crippen LogP contribution in [-0.2, 0) is 5.41 Å². The molecule has 1 heterocycles. The van der Waals surface area contributed by atoms with Gasteiger partial charge in [-0.15, -0.1) is 0 Å². The van der Waals surface area contributed by atoms with Crippen LogP contribution in [0.3, 0.4) is 0 Å². The first kappa shape index (κ1) is 14.7. The van der Waals surface area contributed by atoms with Gasteiger partial charge in [0.25, 0.3) is 0 Å². The second-order valence-electron chi connectivity index (χ2n) is 6.23. The Morgan fingerprint density at radius 2 is 1.75 bits per heavy atom. The highest BCUT2D eigenvalue weighted by molar-refractivity contribution is 5.33. The van der Waals surface area contributed by atoms with Gasteiger partial charge in [-0.3, -0.25) is 10.8 Å². The van der Waals surface area contributed by atoms with Gasteiger partial charge in [-0.1, -0.05) is 45.0 Å². The largest absolute Gasteiger partial charge is 0.271 e. The lowest BCUT2D eigenvalue weighted by molar-refractivity contribution is 0.587. The molecule has 0 aliphatic carbocycles. The van der Waals surface area contributed by atoms with Crippen molar-refractivity contribution in [3.8, 4) is 0 Å². The van der Waals surface area contributed by atoms with Gasteiger partial charge < -0.3 is 0 Å². The molecule has 0 saturated heterocycles. The average Bonchev–Trinajstić information content (AvgIpc) is 2.39. The Hall–Kier alpha value is -1.71. The third-order valence-corrected chi connectivity index (χ3v) is 3.51. The molecule has 3 N–H and O–H groups in total. The third kappa shape index (κ3) is 3.24. The number of nitrogens with two attached hydrogens (primary N) is 1. The highest BCUT2D eigenvalue weighted by Gasteiger charge is 2.17. The molecular weight excluding hydrogens is 246 g/mol. The summed E-state index contributed by atoms with van der Waals surface area (Å²) in [4.78, 5) is 4.42. The number of hydrazine groups is 1. The van der Waals surface area contributed by atoms with E-state index in [1.54, 1.807) is 0 Å². The minimum absolute atomic E-state index is 0.0797. The molecule has 2 aromatic rings. The molecular formula is C17H23N3. The molecule has 1 aromatic carbocycles. The standard InChI is InChI=1S/C17H23N3/c1-12-9-10-19-15(11-12)16(20-18)13-5-7-14(8-6-13)17(2,3)4/h5-11,16,20H,18H2,1-4H3. The van der Waals surface area contributed by atoms with Crippen molar-refractivity contribution in [1.82, 2.24) is 10.4 Å². The van der Waals surface area contributed by atoms with Crippen molar-refractivity contribution in [3.63, 3.8) is 0 Å². The van der Waals surface area contributed by atoms with Gasteiger partial charge >= 0.3 is 0 Å². The van der Waals surface area contributed by atoms with E-state index in [-0.39, 0.29) is 11.5 Å². The molecule has 0 bridgehead atoms. The lowest BCUT2D eigenvalue weighted by Crippen LogP contribution is -2.29. The molecule has 1 atom stereocenters. The SMILES string of the molecule is Cc1ccnc(C(NN)c2ccc(C(C)(C)C)cc2)c1. The number of nitrogens with zero attached hydrogens (tertiary/aromatic N) is 1. The zero-order chi connectivity index (χ0) is 14.8. The van der Waals surface area contributed by atoms with Crippen molar-refractivity contribution in [2.24, 2.45) is 5.84 Å². The monoisotopic (exact) mass is 269 g/mol. The van der Waals surface area contributed by atoms with Gasteiger partial charge in [0.1, 0.15) is 0 Å². The van der Waals surface area contributed by atoms with E-state index in [0.717, 1.165) is 11.3 Å². The molecule has 20 heavy (non-hydrogen) atoms. The maximum absolute atomic E-state index is 5.72. The first-order chi connectivity index (χ1) is 9.41. The van der Waals surface area contributed by atoms with Crippen molar-refractivity contribution in [2.75, 3.05) is 0 Å². The predicted molar refractivity (Wildman–Crippen MR) is 83.3 cm³/mol. The minimum Gasteiger partial charge on any atom is -0.271 e. The molecule has 1 aromatic heterocycles. The summed E-state index contributed by atoms with van der Waals surface area (Å²) >= 11 is 0. The van der Waals surface area contributed by atoms with Gasteiger partial charge in [0.15, 0.2) is 0 Å². The number of hydrogen-bond donors (Lipinski definition) is 2. The van der Waals surface area contributed by atoms with Gasteiger partial charge in [-0.2, -0.15) is 0 Å². The maximum Gasteiger partial charge on any atom is 0.0881 e. The number of hydrogen-bond acceptors (Lipinski definition) is 3. The molecule has 2 rings (SSSR count). The number of aryl methyl sites for hydroxylation is 1. The molecule has 0 radical (unpaired) electrons. The number of pyridine rings is 1. The van der Waals surface area contributed by atoms with Crippen LogP contribution in [0.25, 0.3) is 0 Å². The Labute approximate surface area is 121 Å². The first-order valence-corrected chi connectivity index (χ1v) is 6.91. The molecule has 0 spiro atoms. The first-order valence-electron chi connectivity index (χ1n) is 6.91. The Morgan fingerprint density at radius 3 is 2.25 bits per heavy atom. The zero-order valence-electron chi connectivity index (χ0n) is 12.6. The molecule has 0 aliphatic rings. The van der Waals surface area contributed by atoms with Gasteiger partial charge in [0.05, 0.1) is 11.7 Å². The lowest BCUT2D eigenvalue weighted by atomic mass is 9.86. The summed E-state index contributed by atoms with van der Waals surface area (Å²) in [5, 5.41) is 0. The minimum atomic E-state index is -0.0797. The van der Waals surface area contributed by atoms with E-state index in [4.69, 9.17) is 5.84 Å². The van der Waals surface area contributed by atoms with Gasteiger partial charge in [0, 0.05) is 6.20 Å². The quantitative estimate of drug-likeness (QED) is 0.664. The summed E-state index contributed by atoms with van der Waals surface area (Å²) in [6, 6.07) is 12.5. The average molecular weight is 269 g/mol. The van der Waals surface area contributed by atoms with Crippen molar-refractivity contribution in [1.29, 1.82) is 0 Å². The van der Waals surface area contributed by atoms with Crippen LogP contribution in [0.2, 0.25) is 0 Å². The fourth-order valence-electron chi connectivity index (χ4n) is 2.25. The molecule has 0 amide bonds. The Morgan fingerprint density at radius 1 is 1.10 bits per heavy atom.